The number of piperidine rings is 1. The standard InChI is InChI=1S/C19H26N4O3S/c1-27(25,26)22-11-6-7-14(13-22)18-21-17(16-10-4-5-12-23(16)18)19(24)20-15-8-2-3-9-15/h4-5,10,12,14-15H,2-3,6-9,11,13H2,1H3,(H,20,24)/t14-/m1/s1. The van der Waals surface area contributed by atoms with Crippen molar-refractivity contribution in [3.63, 3.8) is 0 Å². The fourth-order valence-corrected chi connectivity index (χ4v) is 5.21. The summed E-state index contributed by atoms with van der Waals surface area (Å²) in [7, 11) is -3.23. The number of amides is 1. The van der Waals surface area contributed by atoms with E-state index in [0.717, 1.165) is 49.9 Å². The molecule has 1 saturated heterocycles. The lowest BCUT2D eigenvalue weighted by Crippen LogP contribution is -2.38. The van der Waals surface area contributed by atoms with Crippen LogP contribution in [-0.2, 0) is 10.0 Å². The minimum atomic E-state index is -3.23. The number of hydrogen-bond acceptors (Lipinski definition) is 4. The minimum Gasteiger partial charge on any atom is -0.348 e. The van der Waals surface area contributed by atoms with Gasteiger partial charge in [-0.2, -0.15) is 0 Å². The van der Waals surface area contributed by atoms with Crippen molar-refractivity contribution in [2.24, 2.45) is 0 Å². The molecule has 0 unspecified atom stereocenters. The number of pyridine rings is 1. The Labute approximate surface area is 159 Å². The number of rotatable bonds is 4. The number of nitrogens with one attached hydrogen (secondary N) is 1. The Balaban J connectivity index is 1.66. The second kappa shape index (κ2) is 7.24. The Bertz CT molecular complexity index is 947. The molecule has 1 saturated carbocycles. The van der Waals surface area contributed by atoms with Crippen molar-refractivity contribution in [1.29, 1.82) is 0 Å². The average molecular weight is 391 g/mol. The largest absolute Gasteiger partial charge is 0.348 e. The number of carbonyl (C=O) groups is 1. The summed E-state index contributed by atoms with van der Waals surface area (Å²) in [5, 5.41) is 3.12. The molecule has 0 aromatic carbocycles. The van der Waals surface area contributed by atoms with Gasteiger partial charge < -0.3 is 9.72 Å². The summed E-state index contributed by atoms with van der Waals surface area (Å²) in [6, 6.07) is 5.94. The summed E-state index contributed by atoms with van der Waals surface area (Å²) in [4.78, 5) is 17.5. The molecule has 7 nitrogen and oxygen atoms in total. The summed E-state index contributed by atoms with van der Waals surface area (Å²) in [6.07, 6.45) is 9.18. The third kappa shape index (κ3) is 3.73. The minimum absolute atomic E-state index is 0.0172. The Morgan fingerprint density at radius 3 is 2.70 bits per heavy atom. The van der Waals surface area contributed by atoms with Gasteiger partial charge in [0.05, 0.1) is 11.8 Å². The molecule has 2 fully saturated rings. The molecule has 1 atom stereocenters. The highest BCUT2D eigenvalue weighted by atomic mass is 32.2. The molecule has 8 heteroatoms. The molecular weight excluding hydrogens is 364 g/mol. The normalized spacial score (nSPS) is 22.3. The summed E-state index contributed by atoms with van der Waals surface area (Å²) in [6.45, 7) is 0.962. The molecule has 3 heterocycles. The van der Waals surface area contributed by atoms with Crippen LogP contribution in [-0.4, -0.2) is 53.4 Å². The Kier molecular flexibility index (Phi) is 4.94. The first kappa shape index (κ1) is 18.4. The van der Waals surface area contributed by atoms with Crippen molar-refractivity contribution in [2.75, 3.05) is 19.3 Å². The molecule has 1 N–H and O–H groups in total. The van der Waals surface area contributed by atoms with Crippen LogP contribution in [0.25, 0.3) is 5.52 Å². The molecule has 27 heavy (non-hydrogen) atoms. The van der Waals surface area contributed by atoms with E-state index < -0.39 is 10.0 Å². The Morgan fingerprint density at radius 1 is 1.19 bits per heavy atom. The third-order valence-corrected chi connectivity index (χ3v) is 6.97. The smallest absolute Gasteiger partial charge is 0.272 e. The highest BCUT2D eigenvalue weighted by Gasteiger charge is 2.31. The van der Waals surface area contributed by atoms with E-state index in [0.29, 0.717) is 18.8 Å². The molecule has 0 radical (unpaired) electrons. The molecule has 1 aliphatic carbocycles. The van der Waals surface area contributed by atoms with Gasteiger partial charge in [-0.1, -0.05) is 18.9 Å². The van der Waals surface area contributed by atoms with Crippen LogP contribution in [0.4, 0.5) is 0 Å². The van der Waals surface area contributed by atoms with Crippen LogP contribution in [0.15, 0.2) is 24.4 Å². The molecule has 2 aromatic heterocycles. The lowest BCUT2D eigenvalue weighted by atomic mass is 9.99. The lowest BCUT2D eigenvalue weighted by molar-refractivity contribution is 0.0934. The number of imidazole rings is 1. The van der Waals surface area contributed by atoms with E-state index in [1.54, 1.807) is 0 Å². The molecule has 1 amide bonds. The van der Waals surface area contributed by atoms with Crippen molar-refractivity contribution in [1.82, 2.24) is 19.0 Å². The van der Waals surface area contributed by atoms with E-state index in [-0.39, 0.29) is 17.9 Å². The quantitative estimate of drug-likeness (QED) is 0.867. The summed E-state index contributed by atoms with van der Waals surface area (Å²) in [5.41, 5.74) is 1.22. The van der Waals surface area contributed by atoms with Crippen LogP contribution in [0.1, 0.15) is 60.8 Å². The number of nitrogens with zero attached hydrogens (tertiary/aromatic N) is 3. The number of carbonyl (C=O) groups excluding carboxylic acids is 1. The van der Waals surface area contributed by atoms with E-state index in [1.165, 1.54) is 10.6 Å². The maximum Gasteiger partial charge on any atom is 0.272 e. The van der Waals surface area contributed by atoms with Gasteiger partial charge in [0.1, 0.15) is 5.82 Å². The molecule has 2 aliphatic rings. The fourth-order valence-electron chi connectivity index (χ4n) is 4.29. The summed E-state index contributed by atoms with van der Waals surface area (Å²) < 4.78 is 27.4. The molecular formula is C19H26N4O3S. The van der Waals surface area contributed by atoms with Gasteiger partial charge in [0.2, 0.25) is 10.0 Å². The van der Waals surface area contributed by atoms with E-state index in [4.69, 9.17) is 4.98 Å². The van der Waals surface area contributed by atoms with Crippen LogP contribution < -0.4 is 5.32 Å². The zero-order chi connectivity index (χ0) is 19.0. The number of hydrogen-bond donors (Lipinski definition) is 1. The van der Waals surface area contributed by atoms with E-state index >= 15 is 0 Å². The van der Waals surface area contributed by atoms with Crippen molar-refractivity contribution < 1.29 is 13.2 Å². The monoisotopic (exact) mass is 390 g/mol. The molecule has 146 valence electrons. The second-order valence-corrected chi connectivity index (χ2v) is 9.67. The zero-order valence-corrected chi connectivity index (χ0v) is 16.4. The molecule has 0 bridgehead atoms. The maximum absolute atomic E-state index is 12.8. The first-order chi connectivity index (χ1) is 12.9. The number of sulfonamides is 1. The first-order valence-electron chi connectivity index (χ1n) is 9.66. The zero-order valence-electron chi connectivity index (χ0n) is 15.6. The van der Waals surface area contributed by atoms with E-state index in [1.807, 2.05) is 28.8 Å². The van der Waals surface area contributed by atoms with E-state index in [2.05, 4.69) is 5.32 Å². The lowest BCUT2D eigenvalue weighted by Gasteiger charge is -2.30. The number of aromatic nitrogens is 2. The average Bonchev–Trinajstić information content (AvgIpc) is 3.28. The third-order valence-electron chi connectivity index (χ3n) is 5.70. The van der Waals surface area contributed by atoms with Crippen LogP contribution in [0.3, 0.4) is 0 Å². The van der Waals surface area contributed by atoms with Gasteiger partial charge in [0.15, 0.2) is 5.69 Å². The predicted octanol–water partition coefficient (Wildman–Crippen LogP) is 2.15. The molecule has 0 spiro atoms. The SMILES string of the molecule is CS(=O)(=O)N1CCC[C@@H](c2nc(C(=O)NC3CCCC3)c3ccccn23)C1. The van der Waals surface area contributed by atoms with Gasteiger partial charge in [0.25, 0.3) is 5.91 Å². The van der Waals surface area contributed by atoms with Crippen LogP contribution in [0.2, 0.25) is 0 Å². The van der Waals surface area contributed by atoms with Crippen molar-refractivity contribution in [3.05, 3.63) is 35.9 Å². The first-order valence-corrected chi connectivity index (χ1v) is 11.5. The van der Waals surface area contributed by atoms with Gasteiger partial charge >= 0.3 is 0 Å². The van der Waals surface area contributed by atoms with Crippen molar-refractivity contribution >= 4 is 21.4 Å². The van der Waals surface area contributed by atoms with Crippen molar-refractivity contribution in [2.45, 2.75) is 50.5 Å². The van der Waals surface area contributed by atoms with Gasteiger partial charge in [0, 0.05) is 31.2 Å². The van der Waals surface area contributed by atoms with E-state index in [9.17, 15) is 13.2 Å². The van der Waals surface area contributed by atoms with Crippen LogP contribution >= 0.6 is 0 Å². The van der Waals surface area contributed by atoms with Crippen LogP contribution in [0, 0.1) is 0 Å². The van der Waals surface area contributed by atoms with Gasteiger partial charge in [-0.05, 0) is 37.8 Å². The molecule has 2 aromatic rings. The second-order valence-electron chi connectivity index (χ2n) is 7.69. The van der Waals surface area contributed by atoms with Crippen molar-refractivity contribution in [3.8, 4) is 0 Å². The predicted molar refractivity (Wildman–Crippen MR) is 103 cm³/mol. The summed E-state index contributed by atoms with van der Waals surface area (Å²) in [5.74, 6) is 0.625. The molecule has 4 rings (SSSR count). The maximum atomic E-state index is 12.8. The van der Waals surface area contributed by atoms with Gasteiger partial charge in [-0.25, -0.2) is 17.7 Å². The Hall–Kier alpha value is -1.93. The highest BCUT2D eigenvalue weighted by Crippen LogP contribution is 2.29. The highest BCUT2D eigenvalue weighted by molar-refractivity contribution is 7.88. The van der Waals surface area contributed by atoms with Gasteiger partial charge in [-0.3, -0.25) is 4.79 Å². The van der Waals surface area contributed by atoms with Gasteiger partial charge in [-0.15, -0.1) is 0 Å². The topological polar surface area (TPSA) is 83.8 Å². The summed E-state index contributed by atoms with van der Waals surface area (Å²) >= 11 is 0. The van der Waals surface area contributed by atoms with Crippen LogP contribution in [0.5, 0.6) is 0 Å². The fraction of sp³-hybridized carbons (Fsp3) is 0.579. The Morgan fingerprint density at radius 2 is 1.96 bits per heavy atom. The molecule has 1 aliphatic heterocycles. The number of fused-ring (bicyclic) bond motifs is 1.